The number of rotatable bonds is 3. The van der Waals surface area contributed by atoms with Gasteiger partial charge in [-0.15, -0.1) is 10.2 Å². The van der Waals surface area contributed by atoms with Crippen LogP contribution in [0.2, 0.25) is 0 Å². The molecule has 0 saturated carbocycles. The first-order chi connectivity index (χ1) is 11.6. The van der Waals surface area contributed by atoms with Gasteiger partial charge < -0.3 is 5.73 Å². The number of nitrogen functional groups attached to an aromatic ring is 1. The molecule has 124 valence electrons. The fourth-order valence-corrected chi connectivity index (χ4v) is 4.92. The standard InChI is InChI=1S/C17H18N4OS2/c1-10-6-7-14-12(8-10)11-4-2-3-5-13(11)21(14)15(22)9-23-17-20-19-16(18)24-17/h2-5,10H,6-9H2,1H3,(H2,18,19). The number of carbonyl (C=O) groups excluding carboxylic acids is 1. The molecule has 24 heavy (non-hydrogen) atoms. The molecule has 1 aliphatic carbocycles. The molecule has 0 fully saturated rings. The van der Waals surface area contributed by atoms with Gasteiger partial charge in [0.2, 0.25) is 11.0 Å². The molecule has 0 radical (unpaired) electrons. The van der Waals surface area contributed by atoms with E-state index in [1.54, 1.807) is 0 Å². The molecule has 1 unspecified atom stereocenters. The number of aromatic nitrogens is 3. The van der Waals surface area contributed by atoms with E-state index in [1.807, 2.05) is 16.7 Å². The topological polar surface area (TPSA) is 73.8 Å². The Morgan fingerprint density at radius 1 is 1.42 bits per heavy atom. The molecule has 1 aromatic carbocycles. The van der Waals surface area contributed by atoms with Crippen molar-refractivity contribution in [1.29, 1.82) is 0 Å². The third-order valence-electron chi connectivity index (χ3n) is 4.51. The monoisotopic (exact) mass is 358 g/mol. The summed E-state index contributed by atoms with van der Waals surface area (Å²) in [5.74, 6) is 1.11. The maximum Gasteiger partial charge on any atom is 0.241 e. The molecule has 7 heteroatoms. The van der Waals surface area contributed by atoms with Gasteiger partial charge in [-0.3, -0.25) is 9.36 Å². The van der Waals surface area contributed by atoms with Gasteiger partial charge in [-0.05, 0) is 36.8 Å². The van der Waals surface area contributed by atoms with Crippen LogP contribution in [-0.2, 0) is 12.8 Å². The Labute approximate surface area is 148 Å². The van der Waals surface area contributed by atoms with Crippen LogP contribution in [0.5, 0.6) is 0 Å². The Morgan fingerprint density at radius 3 is 3.04 bits per heavy atom. The average molecular weight is 358 g/mol. The van der Waals surface area contributed by atoms with Gasteiger partial charge in [0.25, 0.3) is 0 Å². The van der Waals surface area contributed by atoms with Gasteiger partial charge in [-0.1, -0.05) is 48.2 Å². The Morgan fingerprint density at radius 2 is 2.25 bits per heavy atom. The summed E-state index contributed by atoms with van der Waals surface area (Å²) in [6.45, 7) is 2.28. The summed E-state index contributed by atoms with van der Waals surface area (Å²) in [7, 11) is 0. The van der Waals surface area contributed by atoms with E-state index in [0.717, 1.165) is 29.1 Å². The van der Waals surface area contributed by atoms with E-state index in [1.165, 1.54) is 39.7 Å². The van der Waals surface area contributed by atoms with Crippen LogP contribution in [0.1, 0.15) is 29.4 Å². The quantitative estimate of drug-likeness (QED) is 0.724. The molecule has 3 aromatic rings. The van der Waals surface area contributed by atoms with Crippen molar-refractivity contribution in [2.45, 2.75) is 30.5 Å². The first kappa shape index (κ1) is 15.7. The molecule has 0 aliphatic heterocycles. The predicted molar refractivity (Wildman–Crippen MR) is 98.8 cm³/mol. The summed E-state index contributed by atoms with van der Waals surface area (Å²) in [4.78, 5) is 12.9. The minimum absolute atomic E-state index is 0.0979. The number of hydrogen-bond acceptors (Lipinski definition) is 6. The highest BCUT2D eigenvalue weighted by molar-refractivity contribution is 8.01. The number of para-hydroxylation sites is 1. The van der Waals surface area contributed by atoms with E-state index in [-0.39, 0.29) is 5.91 Å². The van der Waals surface area contributed by atoms with Crippen molar-refractivity contribution >= 4 is 45.0 Å². The smallest absolute Gasteiger partial charge is 0.241 e. The number of anilines is 1. The molecule has 5 nitrogen and oxygen atoms in total. The van der Waals surface area contributed by atoms with Gasteiger partial charge in [0, 0.05) is 11.1 Å². The van der Waals surface area contributed by atoms with E-state index >= 15 is 0 Å². The fourth-order valence-electron chi connectivity index (χ4n) is 3.44. The lowest BCUT2D eigenvalue weighted by molar-refractivity contribution is 0.0943. The number of nitrogens with two attached hydrogens (primary N) is 1. The second-order valence-electron chi connectivity index (χ2n) is 6.21. The average Bonchev–Trinajstić information content (AvgIpc) is 3.14. The molecule has 1 atom stereocenters. The SMILES string of the molecule is CC1CCc2c(c3ccccc3n2C(=O)CSc2nnc(N)s2)C1. The van der Waals surface area contributed by atoms with Crippen LogP contribution in [0.25, 0.3) is 10.9 Å². The Bertz CT molecular complexity index is 915. The summed E-state index contributed by atoms with van der Waals surface area (Å²) in [6.07, 6.45) is 3.15. The van der Waals surface area contributed by atoms with Crippen LogP contribution >= 0.6 is 23.1 Å². The third-order valence-corrected chi connectivity index (χ3v) is 6.38. The van der Waals surface area contributed by atoms with E-state index in [9.17, 15) is 4.79 Å². The summed E-state index contributed by atoms with van der Waals surface area (Å²) < 4.78 is 2.66. The highest BCUT2D eigenvalue weighted by Crippen LogP contribution is 2.34. The van der Waals surface area contributed by atoms with Crippen molar-refractivity contribution in [2.75, 3.05) is 11.5 Å². The lowest BCUT2D eigenvalue weighted by Crippen LogP contribution is -2.20. The lowest BCUT2D eigenvalue weighted by Gasteiger charge is -2.20. The van der Waals surface area contributed by atoms with Gasteiger partial charge in [-0.2, -0.15) is 0 Å². The molecule has 1 aliphatic rings. The van der Waals surface area contributed by atoms with E-state index in [0.29, 0.717) is 16.8 Å². The van der Waals surface area contributed by atoms with Crippen molar-refractivity contribution < 1.29 is 4.79 Å². The largest absolute Gasteiger partial charge is 0.374 e. The van der Waals surface area contributed by atoms with Crippen LogP contribution in [-0.4, -0.2) is 26.4 Å². The van der Waals surface area contributed by atoms with Gasteiger partial charge in [0.15, 0.2) is 4.34 Å². The van der Waals surface area contributed by atoms with Gasteiger partial charge in [-0.25, -0.2) is 0 Å². The maximum absolute atomic E-state index is 12.9. The number of thioether (sulfide) groups is 1. The lowest BCUT2D eigenvalue weighted by atomic mass is 9.88. The molecule has 0 spiro atoms. The molecule has 0 amide bonds. The van der Waals surface area contributed by atoms with Crippen molar-refractivity contribution in [3.8, 4) is 0 Å². The van der Waals surface area contributed by atoms with Crippen molar-refractivity contribution in [3.63, 3.8) is 0 Å². The zero-order valence-electron chi connectivity index (χ0n) is 13.4. The molecular weight excluding hydrogens is 340 g/mol. The highest BCUT2D eigenvalue weighted by Gasteiger charge is 2.25. The van der Waals surface area contributed by atoms with Gasteiger partial charge in [0.05, 0.1) is 11.3 Å². The second kappa shape index (κ2) is 6.22. The van der Waals surface area contributed by atoms with E-state index < -0.39 is 0 Å². The molecule has 2 N–H and O–H groups in total. The minimum Gasteiger partial charge on any atom is -0.374 e. The fraction of sp³-hybridized carbons (Fsp3) is 0.353. The van der Waals surface area contributed by atoms with Gasteiger partial charge in [0.1, 0.15) is 0 Å². The maximum atomic E-state index is 12.9. The summed E-state index contributed by atoms with van der Waals surface area (Å²) in [5, 5.41) is 9.42. The van der Waals surface area contributed by atoms with E-state index in [4.69, 9.17) is 5.73 Å². The van der Waals surface area contributed by atoms with Crippen molar-refractivity contribution in [2.24, 2.45) is 5.92 Å². The van der Waals surface area contributed by atoms with Crippen LogP contribution in [0, 0.1) is 5.92 Å². The van der Waals surface area contributed by atoms with Gasteiger partial charge >= 0.3 is 0 Å². The molecular formula is C17H18N4OS2. The Kier molecular flexibility index (Phi) is 4.05. The number of benzene rings is 1. The zero-order valence-corrected chi connectivity index (χ0v) is 15.0. The minimum atomic E-state index is 0.0979. The normalized spacial score (nSPS) is 17.1. The predicted octanol–water partition coefficient (Wildman–Crippen LogP) is 3.63. The number of nitrogens with zero attached hydrogens (tertiary/aromatic N) is 3. The Balaban J connectivity index is 1.69. The molecule has 2 aromatic heterocycles. The van der Waals surface area contributed by atoms with Crippen LogP contribution in [0.3, 0.4) is 0 Å². The second-order valence-corrected chi connectivity index (χ2v) is 8.45. The molecule has 2 heterocycles. The first-order valence-corrected chi connectivity index (χ1v) is 9.80. The Hall–Kier alpha value is -1.86. The van der Waals surface area contributed by atoms with Crippen LogP contribution < -0.4 is 5.73 Å². The summed E-state index contributed by atoms with van der Waals surface area (Å²) in [6, 6.07) is 8.23. The summed E-state index contributed by atoms with van der Waals surface area (Å²) in [5.41, 5.74) is 9.17. The number of carbonyl (C=O) groups is 1. The molecule has 4 rings (SSSR count). The summed E-state index contributed by atoms with van der Waals surface area (Å²) >= 11 is 2.72. The van der Waals surface area contributed by atoms with E-state index in [2.05, 4.69) is 29.3 Å². The first-order valence-electron chi connectivity index (χ1n) is 7.99. The van der Waals surface area contributed by atoms with Crippen molar-refractivity contribution in [3.05, 3.63) is 35.5 Å². The van der Waals surface area contributed by atoms with Crippen LogP contribution in [0.4, 0.5) is 5.13 Å². The molecule has 0 bridgehead atoms. The number of fused-ring (bicyclic) bond motifs is 3. The van der Waals surface area contributed by atoms with Crippen molar-refractivity contribution in [1.82, 2.24) is 14.8 Å². The molecule has 0 saturated heterocycles. The van der Waals surface area contributed by atoms with Crippen LogP contribution in [0.15, 0.2) is 28.6 Å². The third kappa shape index (κ3) is 2.71. The zero-order chi connectivity index (χ0) is 16.7. The highest BCUT2D eigenvalue weighted by atomic mass is 32.2. The number of hydrogen-bond donors (Lipinski definition) is 1.